The van der Waals surface area contributed by atoms with Crippen LogP contribution in [0, 0.1) is 0 Å². The summed E-state index contributed by atoms with van der Waals surface area (Å²) < 4.78 is 5.08. The number of carboxylic acid groups (broad SMARTS) is 1. The van der Waals surface area contributed by atoms with E-state index < -0.39 is 11.5 Å². The van der Waals surface area contributed by atoms with Crippen molar-refractivity contribution in [3.05, 3.63) is 0 Å². The van der Waals surface area contributed by atoms with Crippen LogP contribution in [-0.2, 0) is 9.53 Å². The maximum Gasteiger partial charge on any atom is 0.315 e. The fraction of sp³-hybridized carbons (Fsp3) is 0.857. The molecule has 0 aromatic carbocycles. The van der Waals surface area contributed by atoms with Gasteiger partial charge in [0.2, 0.25) is 0 Å². The number of amides is 2. The maximum absolute atomic E-state index is 12.1. The molecule has 0 aromatic heterocycles. The number of aliphatic carboxylic acids is 1. The van der Waals surface area contributed by atoms with Crippen molar-refractivity contribution < 1.29 is 19.4 Å². The van der Waals surface area contributed by atoms with Crippen LogP contribution in [0.3, 0.4) is 0 Å². The number of nitrogens with one attached hydrogen (secondary N) is 2. The van der Waals surface area contributed by atoms with E-state index in [4.69, 9.17) is 9.84 Å². The molecule has 0 radical (unpaired) electrons. The van der Waals surface area contributed by atoms with E-state index in [9.17, 15) is 9.59 Å². The first-order valence-corrected chi connectivity index (χ1v) is 7.31. The van der Waals surface area contributed by atoms with Gasteiger partial charge in [0.05, 0.1) is 24.6 Å². The van der Waals surface area contributed by atoms with Crippen LogP contribution >= 0.6 is 0 Å². The van der Waals surface area contributed by atoms with Gasteiger partial charge in [-0.15, -0.1) is 0 Å². The molecule has 6 heteroatoms. The second-order valence-electron chi connectivity index (χ2n) is 5.60. The normalized spacial score (nSPS) is 18.5. The van der Waals surface area contributed by atoms with Crippen LogP contribution in [0.5, 0.6) is 0 Å². The molecule has 0 aliphatic heterocycles. The van der Waals surface area contributed by atoms with E-state index in [0.717, 1.165) is 38.5 Å². The Morgan fingerprint density at radius 1 is 1.35 bits per heavy atom. The molecule has 0 aromatic rings. The van der Waals surface area contributed by atoms with Gasteiger partial charge >= 0.3 is 12.0 Å². The Kier molecular flexibility index (Phi) is 6.78. The molecule has 6 nitrogen and oxygen atoms in total. The van der Waals surface area contributed by atoms with Crippen LogP contribution in [-0.4, -0.2) is 42.4 Å². The molecule has 20 heavy (non-hydrogen) atoms. The van der Waals surface area contributed by atoms with E-state index in [1.54, 1.807) is 7.11 Å². The van der Waals surface area contributed by atoms with E-state index in [-0.39, 0.29) is 18.5 Å². The van der Waals surface area contributed by atoms with Crippen LogP contribution in [0.2, 0.25) is 0 Å². The molecule has 1 unspecified atom stereocenters. The van der Waals surface area contributed by atoms with E-state index >= 15 is 0 Å². The third kappa shape index (κ3) is 5.36. The topological polar surface area (TPSA) is 87.7 Å². The second-order valence-corrected chi connectivity index (χ2v) is 5.60. The van der Waals surface area contributed by atoms with Crippen LogP contribution in [0.15, 0.2) is 0 Å². The number of rotatable bonds is 8. The van der Waals surface area contributed by atoms with Gasteiger partial charge in [0, 0.05) is 7.11 Å². The van der Waals surface area contributed by atoms with Crippen molar-refractivity contribution >= 4 is 12.0 Å². The van der Waals surface area contributed by atoms with Crippen molar-refractivity contribution in [1.82, 2.24) is 10.6 Å². The molecule has 116 valence electrons. The highest BCUT2D eigenvalue weighted by Gasteiger charge is 2.37. The highest BCUT2D eigenvalue weighted by molar-refractivity contribution is 5.77. The third-order valence-electron chi connectivity index (χ3n) is 3.77. The van der Waals surface area contributed by atoms with Crippen molar-refractivity contribution in [3.63, 3.8) is 0 Å². The molecule has 0 spiro atoms. The predicted octanol–water partition coefficient (Wildman–Crippen LogP) is 1.89. The number of methoxy groups -OCH3 is 1. The molecule has 3 N–H and O–H groups in total. The number of hydrogen-bond donors (Lipinski definition) is 3. The minimum absolute atomic E-state index is 0.0108. The van der Waals surface area contributed by atoms with Crippen LogP contribution < -0.4 is 10.6 Å². The summed E-state index contributed by atoms with van der Waals surface area (Å²) in [6.45, 7) is 2.51. The Morgan fingerprint density at radius 2 is 2.00 bits per heavy atom. The monoisotopic (exact) mass is 286 g/mol. The summed E-state index contributed by atoms with van der Waals surface area (Å²) in [6, 6.07) is -0.322. The van der Waals surface area contributed by atoms with Gasteiger partial charge in [0.1, 0.15) is 0 Å². The minimum Gasteiger partial charge on any atom is -0.481 e. The van der Waals surface area contributed by atoms with E-state index in [2.05, 4.69) is 10.6 Å². The molecule has 1 rings (SSSR count). The smallest absolute Gasteiger partial charge is 0.315 e. The predicted molar refractivity (Wildman–Crippen MR) is 75.7 cm³/mol. The standard InChI is InChI=1S/C14H26N2O4/c1-3-6-11(10-20-2)15-13(19)16-14(9-12(17)18)7-4-5-8-14/h11H,3-10H2,1-2H3,(H,17,18)(H2,15,16,19). The van der Waals surface area contributed by atoms with Gasteiger partial charge in [-0.3, -0.25) is 4.79 Å². The zero-order valence-corrected chi connectivity index (χ0v) is 12.4. The number of carbonyl (C=O) groups excluding carboxylic acids is 1. The van der Waals surface area contributed by atoms with Crippen LogP contribution in [0.4, 0.5) is 4.79 Å². The zero-order valence-electron chi connectivity index (χ0n) is 12.4. The van der Waals surface area contributed by atoms with Gasteiger partial charge in [0.25, 0.3) is 0 Å². The lowest BCUT2D eigenvalue weighted by Crippen LogP contribution is -2.54. The summed E-state index contributed by atoms with van der Waals surface area (Å²) in [4.78, 5) is 23.1. The van der Waals surface area contributed by atoms with Crippen molar-refractivity contribution in [2.75, 3.05) is 13.7 Å². The van der Waals surface area contributed by atoms with Gasteiger partial charge in [-0.05, 0) is 19.3 Å². The highest BCUT2D eigenvalue weighted by atomic mass is 16.5. The number of ether oxygens (including phenoxy) is 1. The Morgan fingerprint density at radius 3 is 2.50 bits per heavy atom. The maximum atomic E-state index is 12.1. The van der Waals surface area contributed by atoms with Crippen molar-refractivity contribution in [2.45, 2.75) is 63.5 Å². The SMILES string of the molecule is CCCC(COC)NC(=O)NC1(CC(=O)O)CCCC1. The molecule has 0 bridgehead atoms. The molecular formula is C14H26N2O4. The van der Waals surface area contributed by atoms with Gasteiger partial charge in [-0.2, -0.15) is 0 Å². The molecule has 0 saturated heterocycles. The number of carboxylic acids is 1. The minimum atomic E-state index is -0.866. The molecule has 0 heterocycles. The van der Waals surface area contributed by atoms with Gasteiger partial charge in [0.15, 0.2) is 0 Å². The number of urea groups is 1. The molecule has 2 amide bonds. The van der Waals surface area contributed by atoms with Crippen molar-refractivity contribution in [2.24, 2.45) is 0 Å². The summed E-state index contributed by atoms with van der Waals surface area (Å²) in [6.07, 6.45) is 5.17. The Labute approximate surface area is 120 Å². The summed E-state index contributed by atoms with van der Waals surface area (Å²) >= 11 is 0. The first kappa shape index (κ1) is 16.8. The number of hydrogen-bond acceptors (Lipinski definition) is 3. The Bertz CT molecular complexity index is 321. The molecular weight excluding hydrogens is 260 g/mol. The fourth-order valence-electron chi connectivity index (χ4n) is 2.90. The summed E-state index contributed by atoms with van der Waals surface area (Å²) in [5.41, 5.74) is -0.584. The Balaban J connectivity index is 2.55. The summed E-state index contributed by atoms with van der Waals surface area (Å²) in [5, 5.41) is 14.8. The van der Waals surface area contributed by atoms with Crippen LogP contribution in [0.1, 0.15) is 51.9 Å². The van der Waals surface area contributed by atoms with Crippen molar-refractivity contribution in [1.29, 1.82) is 0 Å². The first-order valence-electron chi connectivity index (χ1n) is 7.31. The Hall–Kier alpha value is -1.30. The summed E-state index contributed by atoms with van der Waals surface area (Å²) in [7, 11) is 1.60. The molecule has 1 atom stereocenters. The second kappa shape index (κ2) is 8.09. The molecule has 1 aliphatic carbocycles. The quantitative estimate of drug-likeness (QED) is 0.636. The lowest BCUT2D eigenvalue weighted by Gasteiger charge is -2.30. The third-order valence-corrected chi connectivity index (χ3v) is 3.77. The van der Waals surface area contributed by atoms with Gasteiger partial charge in [-0.1, -0.05) is 26.2 Å². The molecule has 1 saturated carbocycles. The largest absolute Gasteiger partial charge is 0.481 e. The highest BCUT2D eigenvalue weighted by Crippen LogP contribution is 2.32. The zero-order chi connectivity index (χ0) is 15.0. The average Bonchev–Trinajstić information content (AvgIpc) is 2.76. The molecule has 1 fully saturated rings. The first-order chi connectivity index (χ1) is 9.51. The lowest BCUT2D eigenvalue weighted by molar-refractivity contribution is -0.138. The van der Waals surface area contributed by atoms with Crippen molar-refractivity contribution in [3.8, 4) is 0 Å². The van der Waals surface area contributed by atoms with E-state index in [1.807, 2.05) is 6.92 Å². The van der Waals surface area contributed by atoms with Gasteiger partial charge < -0.3 is 20.5 Å². The number of carbonyl (C=O) groups is 2. The van der Waals surface area contributed by atoms with Crippen LogP contribution in [0.25, 0.3) is 0 Å². The van der Waals surface area contributed by atoms with E-state index in [0.29, 0.717) is 6.61 Å². The van der Waals surface area contributed by atoms with E-state index in [1.165, 1.54) is 0 Å². The van der Waals surface area contributed by atoms with Gasteiger partial charge in [-0.25, -0.2) is 4.79 Å². The average molecular weight is 286 g/mol. The summed E-state index contributed by atoms with van der Waals surface area (Å²) in [5.74, 6) is -0.866. The molecule has 1 aliphatic rings. The fourth-order valence-corrected chi connectivity index (χ4v) is 2.90. The lowest BCUT2D eigenvalue weighted by atomic mass is 9.93.